The fourth-order valence-corrected chi connectivity index (χ4v) is 3.40. The van der Waals surface area contributed by atoms with E-state index in [1.54, 1.807) is 11.8 Å². The lowest BCUT2D eigenvalue weighted by atomic mass is 10.0. The maximum Gasteiger partial charge on any atom is 0.170 e. The topological polar surface area (TPSA) is 51.8 Å². The summed E-state index contributed by atoms with van der Waals surface area (Å²) in [4.78, 5) is 4.44. The van der Waals surface area contributed by atoms with Crippen molar-refractivity contribution in [2.75, 3.05) is 5.75 Å². The molecule has 19 heavy (non-hydrogen) atoms. The zero-order valence-corrected chi connectivity index (χ0v) is 13.1. The monoisotopic (exact) mass is 293 g/mol. The highest BCUT2D eigenvalue weighted by molar-refractivity contribution is 8.00. The van der Waals surface area contributed by atoms with E-state index in [1.165, 1.54) is 28.2 Å². The number of nitrogens with zero attached hydrogens (tertiary/aromatic N) is 2. The van der Waals surface area contributed by atoms with Crippen LogP contribution in [0.1, 0.15) is 35.5 Å². The average molecular weight is 293 g/mol. The molecule has 2 rings (SSSR count). The van der Waals surface area contributed by atoms with Crippen LogP contribution in [0.15, 0.2) is 22.5 Å². The van der Waals surface area contributed by atoms with Gasteiger partial charge in [0, 0.05) is 18.2 Å². The third-order valence-electron chi connectivity index (χ3n) is 3.11. The average Bonchev–Trinajstić information content (AvgIpc) is 2.87. The maximum atomic E-state index is 6.24. The fraction of sp³-hybridized carbons (Fsp3) is 0.429. The molecule has 2 N–H and O–H groups in total. The number of aryl methyl sites for hydroxylation is 3. The molecule has 1 unspecified atom stereocenters. The molecule has 1 aromatic heterocycles. The van der Waals surface area contributed by atoms with E-state index in [2.05, 4.69) is 48.3 Å². The Labute approximate surface area is 122 Å². The Morgan fingerprint density at radius 3 is 2.74 bits per heavy atom. The van der Waals surface area contributed by atoms with Gasteiger partial charge in [-0.3, -0.25) is 0 Å². The second-order valence-corrected chi connectivity index (χ2v) is 6.61. The van der Waals surface area contributed by atoms with Crippen LogP contribution in [0.4, 0.5) is 0 Å². The Balaban J connectivity index is 1.96. The molecular weight excluding hydrogens is 274 g/mol. The molecule has 0 saturated heterocycles. The molecule has 0 saturated carbocycles. The van der Waals surface area contributed by atoms with E-state index in [-0.39, 0.29) is 6.04 Å². The molecule has 0 amide bonds. The molecule has 0 aliphatic rings. The van der Waals surface area contributed by atoms with Crippen molar-refractivity contribution in [1.29, 1.82) is 0 Å². The number of nitrogens with two attached hydrogens (primary N) is 1. The van der Waals surface area contributed by atoms with Crippen molar-refractivity contribution in [2.45, 2.75) is 37.6 Å². The predicted octanol–water partition coefficient (Wildman–Crippen LogP) is 3.51. The van der Waals surface area contributed by atoms with Gasteiger partial charge < -0.3 is 5.73 Å². The van der Waals surface area contributed by atoms with Crippen LogP contribution >= 0.6 is 23.3 Å². The third kappa shape index (κ3) is 3.78. The van der Waals surface area contributed by atoms with Gasteiger partial charge in [-0.1, -0.05) is 36.9 Å². The van der Waals surface area contributed by atoms with Gasteiger partial charge in [0.15, 0.2) is 4.34 Å². The summed E-state index contributed by atoms with van der Waals surface area (Å²) in [5.41, 5.74) is 10.0. The molecule has 0 aliphatic carbocycles. The lowest BCUT2D eigenvalue weighted by Gasteiger charge is -2.12. The smallest absolute Gasteiger partial charge is 0.170 e. The second-order valence-electron chi connectivity index (χ2n) is 4.59. The molecule has 0 spiro atoms. The van der Waals surface area contributed by atoms with E-state index >= 15 is 0 Å². The van der Waals surface area contributed by atoms with Gasteiger partial charge in [-0.05, 0) is 42.1 Å². The third-order valence-corrected chi connectivity index (χ3v) is 5.10. The molecule has 1 heterocycles. The summed E-state index contributed by atoms with van der Waals surface area (Å²) >= 11 is 3.15. The maximum absolute atomic E-state index is 6.24. The second kappa shape index (κ2) is 6.50. The molecular formula is C14H19N3S2. The Morgan fingerprint density at radius 2 is 2.11 bits per heavy atom. The summed E-state index contributed by atoms with van der Waals surface area (Å²) in [6.45, 7) is 6.31. The van der Waals surface area contributed by atoms with Crippen molar-refractivity contribution in [3.8, 4) is 0 Å². The van der Waals surface area contributed by atoms with Crippen molar-refractivity contribution in [2.24, 2.45) is 5.73 Å². The van der Waals surface area contributed by atoms with Gasteiger partial charge in [0.2, 0.25) is 0 Å². The van der Waals surface area contributed by atoms with Gasteiger partial charge >= 0.3 is 0 Å². The molecule has 0 aliphatic heterocycles. The number of thioether (sulfide) groups is 1. The summed E-state index contributed by atoms with van der Waals surface area (Å²) in [6.07, 6.45) is 0.889. The zero-order chi connectivity index (χ0) is 13.8. The van der Waals surface area contributed by atoms with E-state index in [0.29, 0.717) is 0 Å². The van der Waals surface area contributed by atoms with Gasteiger partial charge in [-0.25, -0.2) is 4.98 Å². The summed E-state index contributed by atoms with van der Waals surface area (Å²) in [5, 5.41) is 0. The van der Waals surface area contributed by atoms with Crippen LogP contribution in [0, 0.1) is 13.8 Å². The van der Waals surface area contributed by atoms with Crippen LogP contribution in [0.25, 0.3) is 0 Å². The molecule has 0 radical (unpaired) electrons. The Hall–Kier alpha value is -0.910. The summed E-state index contributed by atoms with van der Waals surface area (Å²) in [6, 6.07) is 6.47. The first kappa shape index (κ1) is 14.5. The molecule has 1 aromatic carbocycles. The van der Waals surface area contributed by atoms with E-state index in [4.69, 9.17) is 5.73 Å². The highest BCUT2D eigenvalue weighted by Crippen LogP contribution is 2.25. The highest BCUT2D eigenvalue weighted by atomic mass is 32.2. The molecule has 0 bridgehead atoms. The minimum Gasteiger partial charge on any atom is -0.323 e. The van der Waals surface area contributed by atoms with Crippen molar-refractivity contribution in [3.63, 3.8) is 0 Å². The molecule has 2 aromatic rings. The number of aromatic nitrogens is 2. The van der Waals surface area contributed by atoms with Crippen LogP contribution in [0.2, 0.25) is 0 Å². The zero-order valence-electron chi connectivity index (χ0n) is 11.5. The molecule has 1 atom stereocenters. The Kier molecular flexibility index (Phi) is 4.96. The largest absolute Gasteiger partial charge is 0.323 e. The van der Waals surface area contributed by atoms with Gasteiger partial charge in [0.25, 0.3) is 0 Å². The molecule has 102 valence electrons. The van der Waals surface area contributed by atoms with Crippen molar-refractivity contribution >= 4 is 23.3 Å². The van der Waals surface area contributed by atoms with Crippen LogP contribution in [-0.4, -0.2) is 15.1 Å². The highest BCUT2D eigenvalue weighted by Gasteiger charge is 2.10. The van der Waals surface area contributed by atoms with E-state index in [9.17, 15) is 0 Å². The van der Waals surface area contributed by atoms with Crippen LogP contribution in [0.3, 0.4) is 0 Å². The van der Waals surface area contributed by atoms with Crippen LogP contribution < -0.4 is 5.73 Å². The van der Waals surface area contributed by atoms with E-state index < -0.39 is 0 Å². The normalized spacial score (nSPS) is 12.6. The quantitative estimate of drug-likeness (QED) is 0.857. The van der Waals surface area contributed by atoms with E-state index in [0.717, 1.165) is 22.3 Å². The lowest BCUT2D eigenvalue weighted by molar-refractivity contribution is 0.828. The predicted molar refractivity (Wildman–Crippen MR) is 82.9 cm³/mol. The van der Waals surface area contributed by atoms with Crippen LogP contribution in [0.5, 0.6) is 0 Å². The van der Waals surface area contributed by atoms with Crippen LogP contribution in [-0.2, 0) is 6.42 Å². The van der Waals surface area contributed by atoms with Crippen molar-refractivity contribution in [1.82, 2.24) is 9.36 Å². The number of hydrogen-bond acceptors (Lipinski definition) is 5. The minimum atomic E-state index is 0.0401. The summed E-state index contributed by atoms with van der Waals surface area (Å²) < 4.78 is 5.29. The first-order valence-electron chi connectivity index (χ1n) is 6.38. The minimum absolute atomic E-state index is 0.0401. The molecule has 5 heteroatoms. The van der Waals surface area contributed by atoms with Gasteiger partial charge in [-0.2, -0.15) is 4.37 Å². The Bertz CT molecular complexity index is 551. The van der Waals surface area contributed by atoms with E-state index in [1.807, 2.05) is 0 Å². The van der Waals surface area contributed by atoms with Gasteiger partial charge in [-0.15, -0.1) is 0 Å². The molecule has 3 nitrogen and oxygen atoms in total. The van der Waals surface area contributed by atoms with Crippen molar-refractivity contribution in [3.05, 3.63) is 40.7 Å². The van der Waals surface area contributed by atoms with Gasteiger partial charge in [0.05, 0.1) is 0 Å². The molecule has 0 fully saturated rings. The lowest BCUT2D eigenvalue weighted by Crippen LogP contribution is -2.13. The number of benzene rings is 1. The first-order valence-corrected chi connectivity index (χ1v) is 8.14. The Morgan fingerprint density at radius 1 is 1.32 bits per heavy atom. The standard InChI is InChI=1S/C14H19N3S2/c1-4-13-16-14(19-17-13)18-8-12(15)11-6-5-9(2)10(3)7-11/h5-7,12H,4,8,15H2,1-3H3. The fourth-order valence-electron chi connectivity index (χ4n) is 1.69. The number of hydrogen-bond donors (Lipinski definition) is 1. The van der Waals surface area contributed by atoms with Gasteiger partial charge in [0.1, 0.15) is 5.82 Å². The number of rotatable bonds is 5. The summed E-state index contributed by atoms with van der Waals surface area (Å²) in [5.74, 6) is 1.76. The SMILES string of the molecule is CCc1nsc(SCC(N)c2ccc(C)c(C)c2)n1. The van der Waals surface area contributed by atoms with Crippen molar-refractivity contribution < 1.29 is 0 Å². The summed E-state index contributed by atoms with van der Waals surface area (Å²) in [7, 11) is 0. The first-order chi connectivity index (χ1) is 9.10.